The molecule has 134 valence electrons. The molecule has 0 radical (unpaired) electrons. The van der Waals surface area contributed by atoms with E-state index in [9.17, 15) is 4.79 Å². The molecule has 4 nitrogen and oxygen atoms in total. The summed E-state index contributed by atoms with van der Waals surface area (Å²) in [5.41, 5.74) is 2.79. The van der Waals surface area contributed by atoms with Crippen LogP contribution in [-0.4, -0.2) is 34.9 Å². The smallest absolute Gasteiger partial charge is 0.163 e. The Balaban J connectivity index is 1.70. The van der Waals surface area contributed by atoms with Gasteiger partial charge in [0.25, 0.3) is 0 Å². The molecule has 0 spiro atoms. The van der Waals surface area contributed by atoms with Crippen LogP contribution in [0.5, 0.6) is 0 Å². The van der Waals surface area contributed by atoms with Crippen molar-refractivity contribution < 1.29 is 4.79 Å². The first kappa shape index (κ1) is 17.3. The van der Waals surface area contributed by atoms with Crippen LogP contribution in [0.4, 0.5) is 0 Å². The number of nitrogens with one attached hydrogen (secondary N) is 1. The van der Waals surface area contributed by atoms with E-state index in [1.54, 1.807) is 11.8 Å². The molecule has 0 bridgehead atoms. The molecule has 1 unspecified atom stereocenters. The molecule has 0 aliphatic carbocycles. The molecule has 1 aliphatic rings. The first-order valence-electron chi connectivity index (χ1n) is 9.12. The van der Waals surface area contributed by atoms with Gasteiger partial charge in [-0.15, -0.1) is 11.8 Å². The van der Waals surface area contributed by atoms with Gasteiger partial charge in [0, 0.05) is 17.4 Å². The minimum Gasteiger partial charge on any atom is -0.316 e. The summed E-state index contributed by atoms with van der Waals surface area (Å²) in [5, 5.41) is 10.2. The van der Waals surface area contributed by atoms with Crippen molar-refractivity contribution in [1.29, 1.82) is 0 Å². The number of benzene rings is 2. The van der Waals surface area contributed by atoms with Crippen LogP contribution in [0, 0.1) is 5.92 Å². The lowest BCUT2D eigenvalue weighted by Gasteiger charge is -2.21. The number of aromatic nitrogens is 2. The van der Waals surface area contributed by atoms with Crippen molar-refractivity contribution in [2.45, 2.75) is 24.3 Å². The molecule has 1 fully saturated rings. The first-order valence-corrected chi connectivity index (χ1v) is 10.3. The fourth-order valence-corrected chi connectivity index (χ4v) is 4.21. The van der Waals surface area contributed by atoms with Crippen LogP contribution in [0.1, 0.15) is 29.6 Å². The fraction of sp³-hybridized carbons (Fsp3) is 0.333. The number of rotatable bonds is 5. The van der Waals surface area contributed by atoms with Crippen molar-refractivity contribution in [3.8, 4) is 5.69 Å². The van der Waals surface area contributed by atoms with E-state index in [4.69, 9.17) is 5.10 Å². The minimum absolute atomic E-state index is 0.229. The van der Waals surface area contributed by atoms with Gasteiger partial charge >= 0.3 is 0 Å². The van der Waals surface area contributed by atoms with Gasteiger partial charge in [0.05, 0.1) is 11.2 Å². The summed E-state index contributed by atoms with van der Waals surface area (Å²) in [7, 11) is 0. The predicted molar refractivity (Wildman–Crippen MR) is 107 cm³/mol. The van der Waals surface area contributed by atoms with Gasteiger partial charge in [0.15, 0.2) is 5.78 Å². The molecule has 1 aliphatic heterocycles. The van der Waals surface area contributed by atoms with E-state index in [2.05, 4.69) is 5.32 Å². The molecule has 1 aromatic heterocycles. The van der Waals surface area contributed by atoms with E-state index in [-0.39, 0.29) is 5.78 Å². The number of Topliss-reactive ketones (excluding diaryl/α,β-unsaturated/α-hetero) is 1. The van der Waals surface area contributed by atoms with E-state index in [0.29, 0.717) is 12.3 Å². The first-order chi connectivity index (χ1) is 12.8. The molecule has 5 heteroatoms. The van der Waals surface area contributed by atoms with Gasteiger partial charge < -0.3 is 5.32 Å². The molecule has 0 amide bonds. The Hall–Kier alpha value is -2.11. The number of hydrogen-bond donors (Lipinski definition) is 1. The second-order valence-corrected chi connectivity index (χ2v) is 7.62. The third-order valence-electron chi connectivity index (χ3n) is 5.04. The average Bonchev–Trinajstić information content (AvgIpc) is 3.07. The number of thioether (sulfide) groups is 1. The maximum absolute atomic E-state index is 12.8. The molecule has 2 heterocycles. The summed E-state index contributed by atoms with van der Waals surface area (Å²) < 4.78 is 1.94. The van der Waals surface area contributed by atoms with Crippen LogP contribution in [-0.2, 0) is 0 Å². The van der Waals surface area contributed by atoms with Crippen molar-refractivity contribution in [3.63, 3.8) is 0 Å². The predicted octanol–water partition coefficient (Wildman–Crippen LogP) is 4.32. The summed E-state index contributed by atoms with van der Waals surface area (Å²) in [6.45, 7) is 2.02. The number of ketones is 1. The third kappa shape index (κ3) is 3.41. The van der Waals surface area contributed by atoms with E-state index >= 15 is 0 Å². The second kappa shape index (κ2) is 7.64. The van der Waals surface area contributed by atoms with Crippen molar-refractivity contribution in [3.05, 3.63) is 54.1 Å². The summed E-state index contributed by atoms with van der Waals surface area (Å²) in [6.07, 6.45) is 4.95. The molecular formula is C21H23N3OS. The highest BCUT2D eigenvalue weighted by Gasteiger charge is 2.19. The summed E-state index contributed by atoms with van der Waals surface area (Å²) in [5.74, 6) is 0.680. The van der Waals surface area contributed by atoms with Crippen LogP contribution in [0.25, 0.3) is 16.6 Å². The van der Waals surface area contributed by atoms with Gasteiger partial charge in [-0.3, -0.25) is 4.79 Å². The molecule has 0 saturated carbocycles. The Morgan fingerprint density at radius 3 is 2.85 bits per heavy atom. The molecular weight excluding hydrogens is 342 g/mol. The van der Waals surface area contributed by atoms with Crippen molar-refractivity contribution in [2.24, 2.45) is 5.92 Å². The van der Waals surface area contributed by atoms with E-state index < -0.39 is 0 Å². The van der Waals surface area contributed by atoms with Crippen LogP contribution in [0.3, 0.4) is 0 Å². The quantitative estimate of drug-likeness (QED) is 0.540. The Bertz CT molecular complexity index is 914. The maximum atomic E-state index is 12.8. The van der Waals surface area contributed by atoms with E-state index in [0.717, 1.165) is 53.1 Å². The number of hydrogen-bond acceptors (Lipinski definition) is 4. The van der Waals surface area contributed by atoms with Gasteiger partial charge in [-0.05, 0) is 62.4 Å². The minimum atomic E-state index is 0.229. The molecule has 26 heavy (non-hydrogen) atoms. The number of para-hydroxylation sites is 1. The van der Waals surface area contributed by atoms with Crippen molar-refractivity contribution in [2.75, 3.05) is 19.3 Å². The van der Waals surface area contributed by atoms with Gasteiger partial charge in [-0.2, -0.15) is 5.10 Å². The third-order valence-corrected chi connectivity index (χ3v) is 5.72. The van der Waals surface area contributed by atoms with Crippen LogP contribution < -0.4 is 5.32 Å². The Kier molecular flexibility index (Phi) is 5.09. The van der Waals surface area contributed by atoms with Crippen LogP contribution >= 0.6 is 11.8 Å². The van der Waals surface area contributed by atoms with Crippen molar-refractivity contribution >= 4 is 28.4 Å². The second-order valence-electron chi connectivity index (χ2n) is 6.83. The fourth-order valence-electron chi connectivity index (χ4n) is 3.65. The van der Waals surface area contributed by atoms with Gasteiger partial charge in [-0.25, -0.2) is 4.68 Å². The number of nitrogens with zero attached hydrogens (tertiary/aromatic N) is 2. The normalized spacial score (nSPS) is 17.5. The topological polar surface area (TPSA) is 46.9 Å². The lowest BCUT2D eigenvalue weighted by atomic mass is 9.92. The molecule has 1 N–H and O–H groups in total. The Morgan fingerprint density at radius 1 is 1.27 bits per heavy atom. The number of carbonyl (C=O) groups is 1. The molecule has 1 saturated heterocycles. The van der Waals surface area contributed by atoms with Crippen LogP contribution in [0.15, 0.2) is 53.6 Å². The largest absolute Gasteiger partial charge is 0.316 e. The highest BCUT2D eigenvalue weighted by molar-refractivity contribution is 7.98. The maximum Gasteiger partial charge on any atom is 0.163 e. The monoisotopic (exact) mass is 365 g/mol. The zero-order valence-electron chi connectivity index (χ0n) is 14.9. The van der Waals surface area contributed by atoms with E-state index in [1.807, 2.05) is 59.5 Å². The zero-order chi connectivity index (χ0) is 17.9. The van der Waals surface area contributed by atoms with Crippen LogP contribution in [0.2, 0.25) is 0 Å². The Morgan fingerprint density at radius 2 is 2.12 bits per heavy atom. The number of carbonyl (C=O) groups excluding carboxylic acids is 1. The van der Waals surface area contributed by atoms with Gasteiger partial charge in [0.2, 0.25) is 0 Å². The van der Waals surface area contributed by atoms with Gasteiger partial charge in [-0.1, -0.05) is 24.3 Å². The Labute approximate surface area is 158 Å². The van der Waals surface area contributed by atoms with Crippen molar-refractivity contribution in [1.82, 2.24) is 15.1 Å². The molecule has 4 rings (SSSR count). The highest BCUT2D eigenvalue weighted by Crippen LogP contribution is 2.29. The number of fused-ring (bicyclic) bond motifs is 1. The van der Waals surface area contributed by atoms with Gasteiger partial charge in [0.1, 0.15) is 5.03 Å². The summed E-state index contributed by atoms with van der Waals surface area (Å²) in [6, 6.07) is 16.1. The number of piperidine rings is 1. The molecule has 2 aromatic carbocycles. The average molecular weight is 366 g/mol. The zero-order valence-corrected chi connectivity index (χ0v) is 15.8. The summed E-state index contributed by atoms with van der Waals surface area (Å²) >= 11 is 1.63. The SMILES string of the molecule is CSc1nn(-c2ccccc2)c2cc(C(=O)CC3CCCNC3)ccc12. The molecule has 1 atom stereocenters. The van der Waals surface area contributed by atoms with E-state index in [1.165, 1.54) is 0 Å². The molecule has 3 aromatic rings. The summed E-state index contributed by atoms with van der Waals surface area (Å²) in [4.78, 5) is 12.8. The lowest BCUT2D eigenvalue weighted by Crippen LogP contribution is -2.31. The highest BCUT2D eigenvalue weighted by atomic mass is 32.2. The standard InChI is InChI=1S/C21H23N3OS/c1-26-21-18-10-9-16(20(25)12-15-6-5-11-22-14-15)13-19(18)24(23-21)17-7-3-2-4-8-17/h2-4,7-10,13,15,22H,5-6,11-12,14H2,1H3. The lowest BCUT2D eigenvalue weighted by molar-refractivity contribution is 0.0954.